The summed E-state index contributed by atoms with van der Waals surface area (Å²) in [5.41, 5.74) is 0.373. The Bertz CT molecular complexity index is 542. The quantitative estimate of drug-likeness (QED) is 0.865. The minimum absolute atomic E-state index is 0.0473. The highest BCUT2D eigenvalue weighted by Crippen LogP contribution is 2.23. The first-order valence-electron chi connectivity index (χ1n) is 6.37. The molecule has 20 heavy (non-hydrogen) atoms. The average molecular weight is 295 g/mol. The van der Waals surface area contributed by atoms with Crippen LogP contribution in [0, 0.1) is 11.3 Å². The number of β-amino-alcohol motifs (C(OH)–C–C–N with tert-alkyl or cyclic N) is 1. The van der Waals surface area contributed by atoms with E-state index in [9.17, 15) is 4.79 Å². The van der Waals surface area contributed by atoms with Crippen molar-refractivity contribution in [2.45, 2.75) is 18.9 Å². The summed E-state index contributed by atoms with van der Waals surface area (Å²) >= 11 is 6.03. The van der Waals surface area contributed by atoms with Crippen LogP contribution in [0.2, 0.25) is 5.02 Å². The van der Waals surface area contributed by atoms with Crippen LogP contribution >= 0.6 is 11.6 Å². The lowest BCUT2D eigenvalue weighted by Gasteiger charge is -2.32. The fourth-order valence-electron chi connectivity index (χ4n) is 2.19. The fourth-order valence-corrected chi connectivity index (χ4v) is 2.41. The molecule has 7 heteroatoms. The SMILES string of the molecule is N#Cc1cnc(N[C@@H]2CCCN(CCO)C2=O)c(Cl)c1. The lowest BCUT2D eigenvalue weighted by atomic mass is 10.0. The van der Waals surface area contributed by atoms with E-state index in [4.69, 9.17) is 22.0 Å². The number of aliphatic hydroxyl groups excluding tert-OH is 1. The van der Waals surface area contributed by atoms with Gasteiger partial charge in [0.25, 0.3) is 0 Å². The number of piperidine rings is 1. The van der Waals surface area contributed by atoms with Crippen molar-refractivity contribution in [1.82, 2.24) is 9.88 Å². The molecule has 2 heterocycles. The van der Waals surface area contributed by atoms with Gasteiger partial charge in [0.1, 0.15) is 17.9 Å². The zero-order valence-electron chi connectivity index (χ0n) is 10.8. The second kappa shape index (κ2) is 6.55. The van der Waals surface area contributed by atoms with E-state index in [2.05, 4.69) is 10.3 Å². The number of aromatic nitrogens is 1. The number of nitrogens with one attached hydrogen (secondary N) is 1. The molecule has 2 rings (SSSR count). The third-order valence-corrected chi connectivity index (χ3v) is 3.47. The highest BCUT2D eigenvalue weighted by atomic mass is 35.5. The van der Waals surface area contributed by atoms with Crippen LogP contribution in [0.5, 0.6) is 0 Å². The summed E-state index contributed by atoms with van der Waals surface area (Å²) in [6.45, 7) is 0.950. The van der Waals surface area contributed by atoms with Gasteiger partial charge in [0.15, 0.2) is 0 Å². The van der Waals surface area contributed by atoms with Gasteiger partial charge in [-0.2, -0.15) is 5.26 Å². The van der Waals surface area contributed by atoms with Gasteiger partial charge in [0, 0.05) is 19.3 Å². The van der Waals surface area contributed by atoms with Crippen molar-refractivity contribution in [3.8, 4) is 6.07 Å². The molecule has 1 aliphatic rings. The Kier molecular flexibility index (Phi) is 4.77. The number of pyridine rings is 1. The molecule has 1 fully saturated rings. The topological polar surface area (TPSA) is 89.2 Å². The number of hydrogen-bond donors (Lipinski definition) is 2. The van der Waals surface area contributed by atoms with Gasteiger partial charge in [-0.3, -0.25) is 4.79 Å². The summed E-state index contributed by atoms with van der Waals surface area (Å²) in [4.78, 5) is 17.9. The van der Waals surface area contributed by atoms with Crippen LogP contribution in [0.1, 0.15) is 18.4 Å². The normalized spacial score (nSPS) is 18.8. The van der Waals surface area contributed by atoms with Gasteiger partial charge >= 0.3 is 0 Å². The molecular weight excluding hydrogens is 280 g/mol. The molecule has 1 aromatic heterocycles. The van der Waals surface area contributed by atoms with E-state index in [-0.39, 0.29) is 12.5 Å². The molecule has 0 bridgehead atoms. The molecule has 1 aliphatic heterocycles. The number of aliphatic hydroxyl groups is 1. The van der Waals surface area contributed by atoms with Crippen LogP contribution in [0.15, 0.2) is 12.3 Å². The van der Waals surface area contributed by atoms with Gasteiger partial charge in [0.05, 0.1) is 17.2 Å². The largest absolute Gasteiger partial charge is 0.395 e. The molecule has 1 aromatic rings. The first kappa shape index (κ1) is 14.6. The van der Waals surface area contributed by atoms with Crippen molar-refractivity contribution < 1.29 is 9.90 Å². The smallest absolute Gasteiger partial charge is 0.245 e. The zero-order valence-corrected chi connectivity index (χ0v) is 11.6. The molecule has 1 atom stereocenters. The average Bonchev–Trinajstić information content (AvgIpc) is 2.45. The second-order valence-electron chi connectivity index (χ2n) is 4.55. The molecule has 6 nitrogen and oxygen atoms in total. The molecule has 0 saturated carbocycles. The summed E-state index contributed by atoms with van der Waals surface area (Å²) < 4.78 is 0. The molecule has 0 aromatic carbocycles. The molecule has 1 amide bonds. The van der Waals surface area contributed by atoms with E-state index in [0.29, 0.717) is 35.9 Å². The molecule has 0 spiro atoms. The van der Waals surface area contributed by atoms with Crippen LogP contribution in [0.3, 0.4) is 0 Å². The third-order valence-electron chi connectivity index (χ3n) is 3.18. The standard InChI is InChI=1S/C13H15ClN4O2/c14-10-6-9(7-15)8-16-12(10)17-11-2-1-3-18(4-5-19)13(11)20/h6,8,11,19H,1-5H2,(H,16,17)/t11-/m1/s1. The predicted octanol–water partition coefficient (Wildman–Crippen LogP) is 1.00. The Morgan fingerprint density at radius 1 is 1.65 bits per heavy atom. The first-order chi connectivity index (χ1) is 9.65. The van der Waals surface area contributed by atoms with Gasteiger partial charge in [-0.05, 0) is 18.9 Å². The minimum atomic E-state index is -0.395. The van der Waals surface area contributed by atoms with E-state index in [1.165, 1.54) is 12.3 Å². The summed E-state index contributed by atoms with van der Waals surface area (Å²) in [6, 6.07) is 3.07. The summed E-state index contributed by atoms with van der Waals surface area (Å²) in [6.07, 6.45) is 2.96. The molecule has 106 valence electrons. The van der Waals surface area contributed by atoms with E-state index in [0.717, 1.165) is 6.42 Å². The first-order valence-corrected chi connectivity index (χ1v) is 6.75. The maximum absolute atomic E-state index is 12.2. The monoisotopic (exact) mass is 294 g/mol. The van der Waals surface area contributed by atoms with Crippen LogP contribution in [-0.2, 0) is 4.79 Å². The summed E-state index contributed by atoms with van der Waals surface area (Å²) in [5.74, 6) is 0.336. The van der Waals surface area contributed by atoms with Crippen LogP contribution < -0.4 is 5.32 Å². The molecule has 0 aliphatic carbocycles. The van der Waals surface area contributed by atoms with E-state index in [1.54, 1.807) is 4.90 Å². The van der Waals surface area contributed by atoms with Crippen molar-refractivity contribution in [3.05, 3.63) is 22.8 Å². The number of hydrogen-bond acceptors (Lipinski definition) is 5. The molecular formula is C13H15ClN4O2. The summed E-state index contributed by atoms with van der Waals surface area (Å²) in [5, 5.41) is 21.0. The number of amides is 1. The van der Waals surface area contributed by atoms with Gasteiger partial charge in [-0.25, -0.2) is 4.98 Å². The highest BCUT2D eigenvalue weighted by Gasteiger charge is 2.28. The number of nitrogens with zero attached hydrogens (tertiary/aromatic N) is 3. The maximum atomic E-state index is 12.2. The van der Waals surface area contributed by atoms with Crippen LogP contribution in [-0.4, -0.2) is 46.6 Å². The Hall–Kier alpha value is -1.84. The number of anilines is 1. The second-order valence-corrected chi connectivity index (χ2v) is 4.96. The van der Waals surface area contributed by atoms with Crippen molar-refractivity contribution in [1.29, 1.82) is 5.26 Å². The van der Waals surface area contributed by atoms with Crippen molar-refractivity contribution in [3.63, 3.8) is 0 Å². The van der Waals surface area contributed by atoms with E-state index >= 15 is 0 Å². The van der Waals surface area contributed by atoms with E-state index in [1.807, 2.05) is 6.07 Å². The number of nitriles is 1. The molecule has 0 radical (unpaired) electrons. The number of carbonyl (C=O) groups is 1. The number of halogens is 1. The van der Waals surface area contributed by atoms with Crippen molar-refractivity contribution in [2.24, 2.45) is 0 Å². The lowest BCUT2D eigenvalue weighted by Crippen LogP contribution is -2.48. The number of likely N-dealkylation sites (tertiary alicyclic amines) is 1. The molecule has 2 N–H and O–H groups in total. The number of carbonyl (C=O) groups excluding carboxylic acids is 1. The van der Waals surface area contributed by atoms with Gasteiger partial charge < -0.3 is 15.3 Å². The molecule has 0 unspecified atom stereocenters. The Labute approximate surface area is 122 Å². The summed E-state index contributed by atoms with van der Waals surface area (Å²) in [7, 11) is 0. The highest BCUT2D eigenvalue weighted by molar-refractivity contribution is 6.33. The van der Waals surface area contributed by atoms with Crippen molar-refractivity contribution in [2.75, 3.05) is 25.0 Å². The van der Waals surface area contributed by atoms with Gasteiger partial charge in [0.2, 0.25) is 5.91 Å². The van der Waals surface area contributed by atoms with Crippen LogP contribution in [0.25, 0.3) is 0 Å². The lowest BCUT2D eigenvalue weighted by molar-refractivity contribution is -0.134. The number of rotatable bonds is 4. The van der Waals surface area contributed by atoms with Crippen LogP contribution in [0.4, 0.5) is 5.82 Å². The van der Waals surface area contributed by atoms with Gasteiger partial charge in [-0.1, -0.05) is 11.6 Å². The zero-order chi connectivity index (χ0) is 14.5. The third kappa shape index (κ3) is 3.18. The van der Waals surface area contributed by atoms with Crippen molar-refractivity contribution >= 4 is 23.3 Å². The fraction of sp³-hybridized carbons (Fsp3) is 0.462. The maximum Gasteiger partial charge on any atom is 0.245 e. The Morgan fingerprint density at radius 2 is 2.45 bits per heavy atom. The predicted molar refractivity (Wildman–Crippen MR) is 74.3 cm³/mol. The Balaban J connectivity index is 2.09. The molecule has 1 saturated heterocycles. The minimum Gasteiger partial charge on any atom is -0.395 e. The van der Waals surface area contributed by atoms with E-state index < -0.39 is 6.04 Å². The van der Waals surface area contributed by atoms with Gasteiger partial charge in [-0.15, -0.1) is 0 Å². The Morgan fingerprint density at radius 3 is 3.10 bits per heavy atom.